The van der Waals surface area contributed by atoms with Gasteiger partial charge in [0.1, 0.15) is 6.04 Å². The Labute approximate surface area is 216 Å². The van der Waals surface area contributed by atoms with Crippen molar-refractivity contribution in [3.8, 4) is 0 Å². The first-order chi connectivity index (χ1) is 16.8. The van der Waals surface area contributed by atoms with Crippen molar-refractivity contribution >= 4 is 27.5 Å². The molecule has 7 nitrogen and oxygen atoms in total. The van der Waals surface area contributed by atoms with Gasteiger partial charge in [0, 0.05) is 26.1 Å². The van der Waals surface area contributed by atoms with Gasteiger partial charge in [0.25, 0.3) is 0 Å². The zero-order chi connectivity index (χ0) is 27.0. The Morgan fingerprint density at radius 3 is 2.25 bits per heavy atom. The fourth-order valence-electron chi connectivity index (χ4n) is 3.98. The minimum atomic E-state index is -3.53. The van der Waals surface area contributed by atoms with Crippen molar-refractivity contribution in [1.29, 1.82) is 0 Å². The number of hydrogen-bond donors (Lipinski definition) is 1. The van der Waals surface area contributed by atoms with Crippen LogP contribution in [0.4, 0.5) is 5.69 Å². The van der Waals surface area contributed by atoms with Crippen LogP contribution >= 0.6 is 0 Å². The fourth-order valence-corrected chi connectivity index (χ4v) is 4.99. The summed E-state index contributed by atoms with van der Waals surface area (Å²) in [5, 5.41) is 2.92. The Bertz CT molecular complexity index is 1160. The summed E-state index contributed by atoms with van der Waals surface area (Å²) in [5.41, 5.74) is 4.47. The van der Waals surface area contributed by atoms with Crippen LogP contribution < -0.4 is 9.62 Å². The quantitative estimate of drug-likeness (QED) is 0.455. The first kappa shape index (κ1) is 29.4. The number of rotatable bonds is 12. The molecule has 2 aromatic rings. The predicted octanol–water partition coefficient (Wildman–Crippen LogP) is 4.35. The highest BCUT2D eigenvalue weighted by Gasteiger charge is 2.27. The summed E-state index contributed by atoms with van der Waals surface area (Å²) in [6.07, 6.45) is 1.65. The Morgan fingerprint density at radius 1 is 0.972 bits per heavy atom. The average molecular weight is 516 g/mol. The summed E-state index contributed by atoms with van der Waals surface area (Å²) in [6.45, 7) is 12.6. The van der Waals surface area contributed by atoms with Crippen LogP contribution in [0.5, 0.6) is 0 Å². The maximum atomic E-state index is 13.4. The van der Waals surface area contributed by atoms with E-state index in [4.69, 9.17) is 0 Å². The van der Waals surface area contributed by atoms with E-state index < -0.39 is 16.1 Å². The fraction of sp³-hybridized carbons (Fsp3) is 0.500. The van der Waals surface area contributed by atoms with E-state index in [1.54, 1.807) is 11.8 Å². The number of anilines is 1. The number of nitrogens with one attached hydrogen (secondary N) is 1. The molecule has 2 aromatic carbocycles. The van der Waals surface area contributed by atoms with E-state index in [-0.39, 0.29) is 24.8 Å². The van der Waals surface area contributed by atoms with Crippen LogP contribution in [-0.2, 0) is 26.2 Å². The third-order valence-corrected chi connectivity index (χ3v) is 7.42. The van der Waals surface area contributed by atoms with E-state index in [1.165, 1.54) is 10.6 Å². The van der Waals surface area contributed by atoms with Crippen LogP contribution in [0.3, 0.4) is 0 Å². The number of aryl methyl sites for hydroxylation is 3. The number of sulfonamides is 1. The lowest BCUT2D eigenvalue weighted by atomic mass is 10.1. The first-order valence-corrected chi connectivity index (χ1v) is 14.3. The first-order valence-electron chi connectivity index (χ1n) is 12.5. The van der Waals surface area contributed by atoms with Gasteiger partial charge in [-0.3, -0.25) is 13.9 Å². The van der Waals surface area contributed by atoms with Gasteiger partial charge in [-0.25, -0.2) is 8.42 Å². The zero-order valence-electron chi connectivity index (χ0n) is 22.7. The average Bonchev–Trinajstić information content (AvgIpc) is 2.80. The van der Waals surface area contributed by atoms with Crippen molar-refractivity contribution in [2.75, 3.05) is 23.7 Å². The normalized spacial score (nSPS) is 12.3. The molecular weight excluding hydrogens is 474 g/mol. The second kappa shape index (κ2) is 12.9. The van der Waals surface area contributed by atoms with Gasteiger partial charge in [-0.2, -0.15) is 0 Å². The van der Waals surface area contributed by atoms with Crippen LogP contribution in [0.2, 0.25) is 0 Å². The molecule has 0 saturated heterocycles. The molecule has 0 saturated carbocycles. The van der Waals surface area contributed by atoms with Crippen LogP contribution in [0, 0.1) is 26.7 Å². The third-order valence-electron chi connectivity index (χ3n) is 6.24. The van der Waals surface area contributed by atoms with Crippen molar-refractivity contribution in [3.05, 3.63) is 64.7 Å². The molecular formula is C28H41N3O4S. The maximum Gasteiger partial charge on any atom is 0.242 e. The Morgan fingerprint density at radius 2 is 1.64 bits per heavy atom. The second-order valence-electron chi connectivity index (χ2n) is 9.99. The molecule has 0 aromatic heterocycles. The minimum absolute atomic E-state index is 0.130. The van der Waals surface area contributed by atoms with E-state index in [1.807, 2.05) is 77.1 Å². The van der Waals surface area contributed by atoms with Gasteiger partial charge in [-0.05, 0) is 68.4 Å². The van der Waals surface area contributed by atoms with Crippen LogP contribution in [0.15, 0.2) is 42.5 Å². The summed E-state index contributed by atoms with van der Waals surface area (Å²) in [4.78, 5) is 27.9. The standard InChI is InChI=1S/C28H41N3O4S/c1-20(2)18-29-28(33)24(6)30(19-25-12-9-8-11-22(25)4)27(32)13-10-16-31(36(7,34)35)26-17-21(3)14-15-23(26)5/h8-9,11-12,14-15,17,20,24H,10,13,16,18-19H2,1-7H3,(H,29,33)/t24-/m1/s1. The van der Waals surface area contributed by atoms with Gasteiger partial charge in [0.2, 0.25) is 21.8 Å². The molecule has 0 aliphatic rings. The Kier molecular flexibility index (Phi) is 10.5. The zero-order valence-corrected chi connectivity index (χ0v) is 23.5. The van der Waals surface area contributed by atoms with E-state index in [9.17, 15) is 18.0 Å². The lowest BCUT2D eigenvalue weighted by Gasteiger charge is -2.30. The van der Waals surface area contributed by atoms with Gasteiger partial charge in [0.05, 0.1) is 11.9 Å². The summed E-state index contributed by atoms with van der Waals surface area (Å²) < 4.78 is 26.5. The molecule has 1 N–H and O–H groups in total. The molecule has 0 bridgehead atoms. The predicted molar refractivity (Wildman–Crippen MR) is 146 cm³/mol. The number of hydrogen-bond acceptors (Lipinski definition) is 4. The molecule has 2 rings (SSSR count). The summed E-state index contributed by atoms with van der Waals surface area (Å²) in [7, 11) is -3.53. The third kappa shape index (κ3) is 8.36. The number of carbonyl (C=O) groups excluding carboxylic acids is 2. The summed E-state index contributed by atoms with van der Waals surface area (Å²) in [5.74, 6) is -0.0765. The SMILES string of the molecule is Cc1ccc(C)c(N(CCCC(=O)N(Cc2ccccc2C)[C@H](C)C(=O)NCC(C)C)S(C)(=O)=O)c1. The molecule has 1 atom stereocenters. The summed E-state index contributed by atoms with van der Waals surface area (Å²) in [6, 6.07) is 12.8. The largest absolute Gasteiger partial charge is 0.354 e. The minimum Gasteiger partial charge on any atom is -0.354 e. The molecule has 2 amide bonds. The van der Waals surface area contributed by atoms with Gasteiger partial charge in [-0.1, -0.05) is 50.2 Å². The lowest BCUT2D eigenvalue weighted by Crippen LogP contribution is -2.48. The smallest absolute Gasteiger partial charge is 0.242 e. The van der Waals surface area contributed by atoms with E-state index in [0.717, 1.165) is 22.3 Å². The van der Waals surface area contributed by atoms with E-state index in [2.05, 4.69) is 5.32 Å². The van der Waals surface area contributed by atoms with Gasteiger partial charge < -0.3 is 10.2 Å². The molecule has 198 valence electrons. The van der Waals surface area contributed by atoms with Gasteiger partial charge in [0.15, 0.2) is 0 Å². The lowest BCUT2D eigenvalue weighted by molar-refractivity contribution is -0.140. The topological polar surface area (TPSA) is 86.8 Å². The number of amides is 2. The van der Waals surface area contributed by atoms with E-state index >= 15 is 0 Å². The molecule has 0 radical (unpaired) electrons. The van der Waals surface area contributed by atoms with Crippen molar-refractivity contribution in [3.63, 3.8) is 0 Å². The molecule has 0 spiro atoms. The number of nitrogens with zero attached hydrogens (tertiary/aromatic N) is 2. The Hall–Kier alpha value is -2.87. The highest BCUT2D eigenvalue weighted by atomic mass is 32.2. The van der Waals surface area contributed by atoms with Crippen molar-refractivity contribution in [2.45, 2.75) is 67.0 Å². The van der Waals surface area contributed by atoms with Crippen LogP contribution in [0.1, 0.15) is 55.9 Å². The van der Waals surface area contributed by atoms with Crippen molar-refractivity contribution < 1.29 is 18.0 Å². The molecule has 0 unspecified atom stereocenters. The summed E-state index contributed by atoms with van der Waals surface area (Å²) >= 11 is 0. The monoisotopic (exact) mass is 515 g/mol. The van der Waals surface area contributed by atoms with Crippen LogP contribution in [-0.4, -0.2) is 50.5 Å². The molecule has 0 aliphatic carbocycles. The maximum absolute atomic E-state index is 13.4. The molecule has 36 heavy (non-hydrogen) atoms. The van der Waals surface area contributed by atoms with Gasteiger partial charge in [-0.15, -0.1) is 0 Å². The van der Waals surface area contributed by atoms with Crippen LogP contribution in [0.25, 0.3) is 0 Å². The van der Waals surface area contributed by atoms with Gasteiger partial charge >= 0.3 is 0 Å². The highest BCUT2D eigenvalue weighted by molar-refractivity contribution is 7.92. The van der Waals surface area contributed by atoms with Crippen molar-refractivity contribution in [1.82, 2.24) is 10.2 Å². The highest BCUT2D eigenvalue weighted by Crippen LogP contribution is 2.25. The number of benzene rings is 2. The molecule has 0 heterocycles. The second-order valence-corrected chi connectivity index (χ2v) is 11.9. The molecule has 8 heteroatoms. The van der Waals surface area contributed by atoms with E-state index in [0.29, 0.717) is 31.1 Å². The molecule has 0 fully saturated rings. The number of carbonyl (C=O) groups is 2. The van der Waals surface area contributed by atoms with Crippen molar-refractivity contribution in [2.24, 2.45) is 5.92 Å². The molecule has 0 aliphatic heterocycles. The Balaban J connectivity index is 2.21.